The van der Waals surface area contributed by atoms with Crippen molar-refractivity contribution in [1.29, 1.82) is 0 Å². The molecule has 3 nitrogen and oxygen atoms in total. The molecule has 2 aliphatic rings. The van der Waals surface area contributed by atoms with E-state index in [2.05, 4.69) is 12.1 Å². The quantitative estimate of drug-likeness (QED) is 0.913. The summed E-state index contributed by atoms with van der Waals surface area (Å²) in [6, 6.07) is 6.52. The van der Waals surface area contributed by atoms with Gasteiger partial charge < -0.3 is 10.6 Å². The minimum absolute atomic E-state index is 0. The van der Waals surface area contributed by atoms with Crippen LogP contribution >= 0.6 is 12.4 Å². The number of likely N-dealkylation sites (tertiary alicyclic amines) is 1. The normalized spacial score (nSPS) is 21.4. The second kappa shape index (κ2) is 7.28. The zero-order chi connectivity index (χ0) is 13.9. The third-order valence-electron chi connectivity index (χ3n) is 4.76. The molecule has 1 fully saturated rings. The average Bonchev–Trinajstić information content (AvgIpc) is 2.53. The van der Waals surface area contributed by atoms with Crippen molar-refractivity contribution in [3.05, 3.63) is 34.9 Å². The summed E-state index contributed by atoms with van der Waals surface area (Å²) in [4.78, 5) is 14.7. The summed E-state index contributed by atoms with van der Waals surface area (Å²) in [5, 5.41) is 0. The number of aryl methyl sites for hydroxylation is 2. The van der Waals surface area contributed by atoms with Gasteiger partial charge in [-0.15, -0.1) is 12.4 Å². The van der Waals surface area contributed by atoms with Crippen LogP contribution < -0.4 is 5.73 Å². The van der Waals surface area contributed by atoms with Crippen LogP contribution in [-0.2, 0) is 12.8 Å². The first-order chi connectivity index (χ1) is 9.79. The molecule has 0 aromatic heterocycles. The molecule has 1 aromatic rings. The molecule has 1 heterocycles. The third kappa shape index (κ3) is 3.41. The van der Waals surface area contributed by atoms with E-state index >= 15 is 0 Å². The monoisotopic (exact) mass is 308 g/mol. The number of halogens is 1. The number of carbonyl (C=O) groups excluding carboxylic acids is 1. The first kappa shape index (κ1) is 16.3. The van der Waals surface area contributed by atoms with Gasteiger partial charge >= 0.3 is 0 Å². The summed E-state index contributed by atoms with van der Waals surface area (Å²) in [7, 11) is 0. The number of carbonyl (C=O) groups is 1. The van der Waals surface area contributed by atoms with E-state index in [-0.39, 0.29) is 24.4 Å². The van der Waals surface area contributed by atoms with Crippen molar-refractivity contribution < 1.29 is 4.79 Å². The van der Waals surface area contributed by atoms with E-state index in [1.54, 1.807) is 0 Å². The molecule has 1 aliphatic heterocycles. The maximum absolute atomic E-state index is 12.7. The Morgan fingerprint density at radius 1 is 1.14 bits per heavy atom. The number of rotatable bonds is 2. The summed E-state index contributed by atoms with van der Waals surface area (Å²) < 4.78 is 0. The van der Waals surface area contributed by atoms with Crippen molar-refractivity contribution in [2.75, 3.05) is 13.1 Å². The molecular weight excluding hydrogens is 284 g/mol. The maximum Gasteiger partial charge on any atom is 0.254 e. The van der Waals surface area contributed by atoms with Crippen molar-refractivity contribution >= 4 is 18.3 Å². The van der Waals surface area contributed by atoms with Gasteiger partial charge in [-0.2, -0.15) is 0 Å². The van der Waals surface area contributed by atoms with Gasteiger partial charge in [-0.05, 0) is 68.2 Å². The van der Waals surface area contributed by atoms with Crippen LogP contribution in [0.4, 0.5) is 0 Å². The van der Waals surface area contributed by atoms with Crippen LogP contribution in [0.25, 0.3) is 0 Å². The molecule has 116 valence electrons. The standard InChI is InChI=1S/C17H24N2O.ClH/c18-12-16-7-3-4-10-19(16)17(20)15-9-8-13-5-1-2-6-14(13)11-15;/h8-9,11,16H,1-7,10,12,18H2;1H. The molecule has 1 unspecified atom stereocenters. The number of hydrogen-bond acceptors (Lipinski definition) is 2. The van der Waals surface area contributed by atoms with Crippen molar-refractivity contribution in [3.63, 3.8) is 0 Å². The summed E-state index contributed by atoms with van der Waals surface area (Å²) in [6.45, 7) is 1.44. The van der Waals surface area contributed by atoms with Gasteiger partial charge in [0.25, 0.3) is 5.91 Å². The van der Waals surface area contributed by atoms with Gasteiger partial charge in [0.2, 0.25) is 0 Å². The Kier molecular flexibility index (Phi) is 5.65. The molecule has 0 saturated carbocycles. The Morgan fingerprint density at radius 2 is 1.90 bits per heavy atom. The molecule has 0 bridgehead atoms. The van der Waals surface area contributed by atoms with Gasteiger partial charge in [-0.1, -0.05) is 6.07 Å². The molecule has 1 aliphatic carbocycles. The van der Waals surface area contributed by atoms with Crippen LogP contribution in [0, 0.1) is 0 Å². The fourth-order valence-corrected chi connectivity index (χ4v) is 3.55. The minimum Gasteiger partial charge on any atom is -0.334 e. The van der Waals surface area contributed by atoms with E-state index in [4.69, 9.17) is 5.73 Å². The molecule has 0 spiro atoms. The van der Waals surface area contributed by atoms with Gasteiger partial charge in [0, 0.05) is 24.7 Å². The zero-order valence-electron chi connectivity index (χ0n) is 12.5. The summed E-state index contributed by atoms with van der Waals surface area (Å²) in [5.41, 5.74) is 9.49. The highest BCUT2D eigenvalue weighted by Crippen LogP contribution is 2.24. The van der Waals surface area contributed by atoms with Crippen LogP contribution in [-0.4, -0.2) is 29.9 Å². The molecule has 0 radical (unpaired) electrons. The van der Waals surface area contributed by atoms with Crippen molar-refractivity contribution in [2.45, 2.75) is 51.0 Å². The van der Waals surface area contributed by atoms with E-state index in [9.17, 15) is 4.79 Å². The molecule has 1 atom stereocenters. The summed E-state index contributed by atoms with van der Waals surface area (Å²) in [6.07, 6.45) is 8.16. The second-order valence-electron chi connectivity index (χ2n) is 6.07. The number of hydrogen-bond donors (Lipinski definition) is 1. The smallest absolute Gasteiger partial charge is 0.254 e. The van der Waals surface area contributed by atoms with Crippen molar-refractivity contribution in [2.24, 2.45) is 5.73 Å². The lowest BCUT2D eigenvalue weighted by atomic mass is 9.90. The summed E-state index contributed by atoms with van der Waals surface area (Å²) >= 11 is 0. The average molecular weight is 309 g/mol. The lowest BCUT2D eigenvalue weighted by molar-refractivity contribution is 0.0623. The minimum atomic E-state index is 0. The highest BCUT2D eigenvalue weighted by Gasteiger charge is 2.26. The Balaban J connectivity index is 0.00000161. The third-order valence-corrected chi connectivity index (χ3v) is 4.76. The lowest BCUT2D eigenvalue weighted by Gasteiger charge is -2.35. The molecule has 1 aromatic carbocycles. The molecule has 3 rings (SSSR count). The molecule has 21 heavy (non-hydrogen) atoms. The SMILES string of the molecule is Cl.NCC1CCCCN1C(=O)c1ccc2c(c1)CCCC2. The van der Waals surface area contributed by atoms with E-state index in [1.807, 2.05) is 11.0 Å². The van der Waals surface area contributed by atoms with Gasteiger partial charge in [-0.25, -0.2) is 0 Å². The Hall–Kier alpha value is -1.06. The van der Waals surface area contributed by atoms with E-state index in [0.29, 0.717) is 6.54 Å². The molecule has 1 saturated heterocycles. The van der Waals surface area contributed by atoms with Crippen LogP contribution in [0.2, 0.25) is 0 Å². The second-order valence-corrected chi connectivity index (χ2v) is 6.07. The largest absolute Gasteiger partial charge is 0.334 e. The predicted molar refractivity (Wildman–Crippen MR) is 88.1 cm³/mol. The van der Waals surface area contributed by atoms with Crippen LogP contribution in [0.5, 0.6) is 0 Å². The number of fused-ring (bicyclic) bond motifs is 1. The van der Waals surface area contributed by atoms with E-state index < -0.39 is 0 Å². The molecular formula is C17H25ClN2O. The number of amides is 1. The molecule has 1 amide bonds. The number of piperidine rings is 1. The predicted octanol–water partition coefficient (Wildman–Crippen LogP) is 2.94. The highest BCUT2D eigenvalue weighted by atomic mass is 35.5. The lowest BCUT2D eigenvalue weighted by Crippen LogP contribution is -2.47. The Morgan fingerprint density at radius 3 is 2.67 bits per heavy atom. The summed E-state index contributed by atoms with van der Waals surface area (Å²) in [5.74, 6) is 0.175. The van der Waals surface area contributed by atoms with Crippen molar-refractivity contribution in [1.82, 2.24) is 4.90 Å². The number of nitrogens with zero attached hydrogens (tertiary/aromatic N) is 1. The Labute approximate surface area is 133 Å². The van der Waals surface area contributed by atoms with Crippen molar-refractivity contribution in [3.8, 4) is 0 Å². The fourth-order valence-electron chi connectivity index (χ4n) is 3.55. The Bertz CT molecular complexity index is 504. The number of nitrogens with two attached hydrogens (primary N) is 1. The topological polar surface area (TPSA) is 46.3 Å². The van der Waals surface area contributed by atoms with Gasteiger partial charge in [0.05, 0.1) is 0 Å². The van der Waals surface area contributed by atoms with Gasteiger partial charge in [0.15, 0.2) is 0 Å². The maximum atomic E-state index is 12.7. The van der Waals surface area contributed by atoms with Gasteiger partial charge in [-0.3, -0.25) is 4.79 Å². The fraction of sp³-hybridized carbons (Fsp3) is 0.588. The first-order valence-electron chi connectivity index (χ1n) is 7.92. The number of benzene rings is 1. The molecule has 4 heteroatoms. The highest BCUT2D eigenvalue weighted by molar-refractivity contribution is 5.94. The first-order valence-corrected chi connectivity index (χ1v) is 7.92. The van der Waals surface area contributed by atoms with Crippen LogP contribution in [0.15, 0.2) is 18.2 Å². The van der Waals surface area contributed by atoms with E-state index in [0.717, 1.165) is 31.4 Å². The van der Waals surface area contributed by atoms with Gasteiger partial charge in [0.1, 0.15) is 0 Å². The van der Waals surface area contributed by atoms with E-state index in [1.165, 1.54) is 36.8 Å². The molecule has 2 N–H and O–H groups in total. The zero-order valence-corrected chi connectivity index (χ0v) is 13.3. The van der Waals surface area contributed by atoms with Crippen LogP contribution in [0.1, 0.15) is 53.6 Å². The van der Waals surface area contributed by atoms with Crippen LogP contribution in [0.3, 0.4) is 0 Å².